The van der Waals surface area contributed by atoms with E-state index in [1.54, 1.807) is 7.11 Å². The molecule has 0 atom stereocenters. The highest BCUT2D eigenvalue weighted by Crippen LogP contribution is 2.17. The Morgan fingerprint density at radius 3 is 2.77 bits per heavy atom. The first kappa shape index (κ1) is 10.1. The van der Waals surface area contributed by atoms with Gasteiger partial charge in [-0.2, -0.15) is 0 Å². The molecule has 1 rings (SSSR count). The van der Waals surface area contributed by atoms with E-state index in [9.17, 15) is 4.79 Å². The smallest absolute Gasteiger partial charge is 0.152 e. The number of Topliss-reactive ketones (excluding diaryl/α,β-unsaturated/α-hetero) is 1. The second-order valence-corrected chi connectivity index (χ2v) is 2.93. The lowest BCUT2D eigenvalue weighted by molar-refractivity contribution is -0.116. The minimum absolute atomic E-state index is 0.00571. The molecule has 70 valence electrons. The van der Waals surface area contributed by atoms with Crippen LogP contribution in [0.2, 0.25) is 0 Å². The van der Waals surface area contributed by atoms with Crippen LogP contribution in [0.4, 0.5) is 0 Å². The second-order valence-electron chi connectivity index (χ2n) is 2.66. The van der Waals surface area contributed by atoms with Crippen molar-refractivity contribution in [3.63, 3.8) is 0 Å². The van der Waals surface area contributed by atoms with Crippen LogP contribution in [0.25, 0.3) is 0 Å². The topological polar surface area (TPSA) is 26.3 Å². The molecule has 0 amide bonds. The predicted molar refractivity (Wildman–Crippen MR) is 52.4 cm³/mol. The van der Waals surface area contributed by atoms with Crippen molar-refractivity contribution in [2.75, 3.05) is 13.0 Å². The number of para-hydroxylation sites is 1. The van der Waals surface area contributed by atoms with Gasteiger partial charge in [0.2, 0.25) is 0 Å². The normalized spacial score (nSPS) is 9.69. The SMILES string of the molecule is COc1ccccc1CC(=O)CCl. The molecule has 0 N–H and O–H groups in total. The van der Waals surface area contributed by atoms with Crippen molar-refractivity contribution in [1.29, 1.82) is 0 Å². The largest absolute Gasteiger partial charge is 0.496 e. The number of hydrogen-bond donors (Lipinski definition) is 0. The van der Waals surface area contributed by atoms with E-state index in [-0.39, 0.29) is 11.7 Å². The highest BCUT2D eigenvalue weighted by molar-refractivity contribution is 6.27. The van der Waals surface area contributed by atoms with Crippen molar-refractivity contribution in [3.05, 3.63) is 29.8 Å². The summed E-state index contributed by atoms with van der Waals surface area (Å²) in [6.45, 7) is 0. The van der Waals surface area contributed by atoms with E-state index in [0.717, 1.165) is 11.3 Å². The molecule has 0 aromatic heterocycles. The fraction of sp³-hybridized carbons (Fsp3) is 0.300. The number of hydrogen-bond acceptors (Lipinski definition) is 2. The van der Waals surface area contributed by atoms with Crippen molar-refractivity contribution < 1.29 is 9.53 Å². The molecule has 0 aliphatic carbocycles. The summed E-state index contributed by atoms with van der Waals surface area (Å²) < 4.78 is 5.10. The molecule has 0 unspecified atom stereocenters. The Labute approximate surface area is 82.5 Å². The lowest BCUT2D eigenvalue weighted by Crippen LogP contribution is -2.04. The van der Waals surface area contributed by atoms with Gasteiger partial charge in [-0.3, -0.25) is 4.79 Å². The van der Waals surface area contributed by atoms with Crippen molar-refractivity contribution in [1.82, 2.24) is 0 Å². The molecule has 0 spiro atoms. The van der Waals surface area contributed by atoms with E-state index in [1.165, 1.54) is 0 Å². The molecule has 1 aromatic carbocycles. The third-order valence-corrected chi connectivity index (χ3v) is 2.03. The summed E-state index contributed by atoms with van der Waals surface area (Å²) in [5.74, 6) is 0.796. The molecule has 0 saturated carbocycles. The Kier molecular flexibility index (Phi) is 3.77. The molecule has 0 heterocycles. The van der Waals surface area contributed by atoms with Crippen molar-refractivity contribution >= 4 is 17.4 Å². The Bertz CT molecular complexity index is 297. The lowest BCUT2D eigenvalue weighted by Gasteiger charge is -2.05. The van der Waals surface area contributed by atoms with E-state index >= 15 is 0 Å². The number of ketones is 1. The van der Waals surface area contributed by atoms with Crippen LogP contribution >= 0.6 is 11.6 Å². The van der Waals surface area contributed by atoms with Gasteiger partial charge in [-0.25, -0.2) is 0 Å². The number of carbonyl (C=O) groups excluding carboxylic acids is 1. The number of ether oxygens (including phenoxy) is 1. The predicted octanol–water partition coefficient (Wildman–Crippen LogP) is 2.05. The van der Waals surface area contributed by atoms with E-state index in [4.69, 9.17) is 16.3 Å². The summed E-state index contributed by atoms with van der Waals surface area (Å²) in [5.41, 5.74) is 0.885. The maximum absolute atomic E-state index is 11.1. The highest BCUT2D eigenvalue weighted by atomic mass is 35.5. The van der Waals surface area contributed by atoms with Crippen LogP contribution in [0, 0.1) is 0 Å². The highest BCUT2D eigenvalue weighted by Gasteiger charge is 2.06. The van der Waals surface area contributed by atoms with Gasteiger partial charge >= 0.3 is 0 Å². The average Bonchev–Trinajstić information content (AvgIpc) is 2.18. The molecule has 2 nitrogen and oxygen atoms in total. The van der Waals surface area contributed by atoms with Crippen LogP contribution in [-0.2, 0) is 11.2 Å². The van der Waals surface area contributed by atoms with Crippen LogP contribution in [0.3, 0.4) is 0 Å². The van der Waals surface area contributed by atoms with Crippen LogP contribution in [-0.4, -0.2) is 18.8 Å². The zero-order chi connectivity index (χ0) is 9.68. The van der Waals surface area contributed by atoms with Crippen molar-refractivity contribution in [3.8, 4) is 5.75 Å². The van der Waals surface area contributed by atoms with Crippen LogP contribution in [0.1, 0.15) is 5.56 Å². The number of rotatable bonds is 4. The van der Waals surface area contributed by atoms with Gasteiger partial charge in [0.25, 0.3) is 0 Å². The fourth-order valence-corrected chi connectivity index (χ4v) is 1.20. The van der Waals surface area contributed by atoms with Crippen LogP contribution in [0.5, 0.6) is 5.75 Å². The van der Waals surface area contributed by atoms with E-state index in [1.807, 2.05) is 24.3 Å². The Hall–Kier alpha value is -1.02. The molecular formula is C10H11ClO2. The first-order valence-electron chi connectivity index (χ1n) is 3.97. The zero-order valence-corrected chi connectivity index (χ0v) is 8.17. The first-order valence-corrected chi connectivity index (χ1v) is 4.51. The summed E-state index contributed by atoms with van der Waals surface area (Å²) in [7, 11) is 1.59. The van der Waals surface area contributed by atoms with Gasteiger partial charge in [0, 0.05) is 12.0 Å². The Morgan fingerprint density at radius 2 is 2.15 bits per heavy atom. The Balaban J connectivity index is 2.81. The van der Waals surface area contributed by atoms with Gasteiger partial charge < -0.3 is 4.74 Å². The third-order valence-electron chi connectivity index (χ3n) is 1.73. The quantitative estimate of drug-likeness (QED) is 0.693. The third kappa shape index (κ3) is 2.74. The second kappa shape index (κ2) is 4.87. The molecule has 0 radical (unpaired) electrons. The summed E-state index contributed by atoms with van der Waals surface area (Å²) in [6, 6.07) is 7.44. The van der Waals surface area contributed by atoms with Gasteiger partial charge in [0.15, 0.2) is 5.78 Å². The maximum atomic E-state index is 11.1. The van der Waals surface area contributed by atoms with Crippen molar-refractivity contribution in [2.45, 2.75) is 6.42 Å². The molecule has 0 fully saturated rings. The monoisotopic (exact) mass is 198 g/mol. The van der Waals surface area contributed by atoms with Gasteiger partial charge in [0.1, 0.15) is 5.75 Å². The summed E-state index contributed by atoms with van der Waals surface area (Å²) in [5, 5.41) is 0. The Morgan fingerprint density at radius 1 is 1.46 bits per heavy atom. The van der Waals surface area contributed by atoms with E-state index < -0.39 is 0 Å². The summed E-state index contributed by atoms with van der Waals surface area (Å²) in [4.78, 5) is 11.1. The van der Waals surface area contributed by atoms with E-state index in [2.05, 4.69) is 0 Å². The average molecular weight is 199 g/mol. The number of halogens is 1. The molecule has 0 aliphatic heterocycles. The van der Waals surface area contributed by atoms with Gasteiger partial charge in [-0.15, -0.1) is 11.6 Å². The van der Waals surface area contributed by atoms with Crippen LogP contribution in [0.15, 0.2) is 24.3 Å². The number of carbonyl (C=O) groups is 1. The molecule has 1 aromatic rings. The van der Waals surface area contributed by atoms with Gasteiger partial charge in [-0.05, 0) is 6.07 Å². The molecule has 0 bridgehead atoms. The van der Waals surface area contributed by atoms with E-state index in [0.29, 0.717) is 6.42 Å². The molecule has 0 saturated heterocycles. The molecule has 13 heavy (non-hydrogen) atoms. The first-order chi connectivity index (χ1) is 6.27. The number of alkyl halides is 1. The zero-order valence-electron chi connectivity index (χ0n) is 7.42. The fourth-order valence-electron chi connectivity index (χ4n) is 1.11. The lowest BCUT2D eigenvalue weighted by atomic mass is 10.1. The van der Waals surface area contributed by atoms with Gasteiger partial charge in [0.05, 0.1) is 13.0 Å². The number of methoxy groups -OCH3 is 1. The number of benzene rings is 1. The molecular weight excluding hydrogens is 188 g/mol. The van der Waals surface area contributed by atoms with Crippen LogP contribution < -0.4 is 4.74 Å². The molecule has 0 aliphatic rings. The minimum atomic E-state index is 0.00571. The van der Waals surface area contributed by atoms with Gasteiger partial charge in [-0.1, -0.05) is 18.2 Å². The minimum Gasteiger partial charge on any atom is -0.496 e. The van der Waals surface area contributed by atoms with Crippen molar-refractivity contribution in [2.24, 2.45) is 0 Å². The standard InChI is InChI=1S/C10H11ClO2/c1-13-10-5-3-2-4-8(10)6-9(12)7-11/h2-5H,6-7H2,1H3. The summed E-state index contributed by atoms with van der Waals surface area (Å²) >= 11 is 5.41. The summed E-state index contributed by atoms with van der Waals surface area (Å²) in [6.07, 6.45) is 0.341. The molecule has 3 heteroatoms. The maximum Gasteiger partial charge on any atom is 0.152 e.